The highest BCUT2D eigenvalue weighted by atomic mass is 32.2. The third-order valence-corrected chi connectivity index (χ3v) is 11.7. The number of rotatable bonds is 9. The molecule has 1 aliphatic heterocycles. The van der Waals surface area contributed by atoms with Crippen LogP contribution in [0.3, 0.4) is 0 Å². The molecule has 1 aliphatic rings. The summed E-state index contributed by atoms with van der Waals surface area (Å²) in [5, 5.41) is 13.9. The van der Waals surface area contributed by atoms with Crippen molar-refractivity contribution in [2.75, 3.05) is 38.1 Å². The fourth-order valence-corrected chi connectivity index (χ4v) is 8.07. The van der Waals surface area contributed by atoms with E-state index in [0.29, 0.717) is 19.4 Å². The summed E-state index contributed by atoms with van der Waals surface area (Å²) in [6, 6.07) is 3.82. The van der Waals surface area contributed by atoms with Gasteiger partial charge in [-0.3, -0.25) is 9.52 Å². The van der Waals surface area contributed by atoms with Crippen molar-refractivity contribution in [3.05, 3.63) is 47.7 Å². The lowest BCUT2D eigenvalue weighted by Crippen LogP contribution is -2.48. The predicted octanol–water partition coefficient (Wildman–Crippen LogP) is 2.94. The van der Waals surface area contributed by atoms with Crippen molar-refractivity contribution in [2.24, 2.45) is 13.0 Å². The largest absolute Gasteiger partial charge is 0.490 e. The zero-order valence-electron chi connectivity index (χ0n) is 28.4. The Hall–Kier alpha value is -3.51. The zero-order chi connectivity index (χ0) is 35.4. The number of aryl methyl sites for hydroxylation is 3. The quantitative estimate of drug-likeness (QED) is 0.333. The predicted molar refractivity (Wildman–Crippen MR) is 177 cm³/mol. The number of fused-ring (bicyclic) bond motifs is 1. The Bertz CT molecular complexity index is 1770. The van der Waals surface area contributed by atoms with E-state index in [2.05, 4.69) is 14.9 Å². The van der Waals surface area contributed by atoms with Gasteiger partial charge in [-0.1, -0.05) is 12.1 Å². The summed E-state index contributed by atoms with van der Waals surface area (Å²) >= 11 is 0. The molecule has 17 heteroatoms. The standard InChI is InChI=1S/C31H46N6O9S2/c1-20-15-37(21(2)18-38)31(39)26-14-25(34-47(40,41)30-23(4)33-46-24(30)5)11-12-27(26)45-22(3)10-8-9-13-44-28(20)16-36(7)48(42,43)29-17-35(6)19-32-29/h11-12,14,17,19-22,28,34,38H,8-10,13,15-16,18H2,1-7H3/t20-,21+,22+,28+/m0/s1. The van der Waals surface area contributed by atoms with Gasteiger partial charge in [-0.2, -0.15) is 4.31 Å². The van der Waals surface area contributed by atoms with Gasteiger partial charge in [0, 0.05) is 51.6 Å². The summed E-state index contributed by atoms with van der Waals surface area (Å²) in [5.74, 6) is -0.508. The van der Waals surface area contributed by atoms with Crippen LogP contribution in [0.15, 0.2) is 45.2 Å². The van der Waals surface area contributed by atoms with Crippen molar-refractivity contribution in [3.63, 3.8) is 0 Å². The number of likely N-dealkylation sites (N-methyl/N-ethyl adjacent to an activating group) is 1. The number of aliphatic hydroxyl groups is 1. The normalized spacial score (nSPS) is 21.0. The molecule has 3 heterocycles. The molecular formula is C31H46N6O9S2. The molecule has 1 aromatic carbocycles. The molecule has 48 heavy (non-hydrogen) atoms. The number of ether oxygens (including phenoxy) is 2. The van der Waals surface area contributed by atoms with Crippen molar-refractivity contribution in [1.29, 1.82) is 0 Å². The van der Waals surface area contributed by atoms with Crippen LogP contribution in [0, 0.1) is 19.8 Å². The molecule has 0 aliphatic carbocycles. The second-order valence-corrected chi connectivity index (χ2v) is 16.0. The number of carbonyl (C=O) groups excluding carboxylic acids is 1. The summed E-state index contributed by atoms with van der Waals surface area (Å²) in [6.07, 6.45) is 4.02. The third-order valence-electron chi connectivity index (χ3n) is 8.33. The van der Waals surface area contributed by atoms with Crippen LogP contribution in [-0.4, -0.2) is 103 Å². The highest BCUT2D eigenvalue weighted by Crippen LogP contribution is 2.30. The van der Waals surface area contributed by atoms with Crippen molar-refractivity contribution >= 4 is 31.6 Å². The molecule has 0 saturated heterocycles. The second kappa shape index (κ2) is 15.4. The molecule has 2 aromatic heterocycles. The lowest BCUT2D eigenvalue weighted by atomic mass is 10.0. The van der Waals surface area contributed by atoms with E-state index in [1.54, 1.807) is 24.6 Å². The highest BCUT2D eigenvalue weighted by Gasteiger charge is 2.33. The van der Waals surface area contributed by atoms with E-state index < -0.39 is 44.0 Å². The Morgan fingerprint density at radius 3 is 2.52 bits per heavy atom. The molecular weight excluding hydrogens is 665 g/mol. The SMILES string of the molecule is Cc1noc(C)c1S(=O)(=O)Nc1ccc2c(c1)C(=O)N([C@H](C)CO)C[C@H](C)[C@@H](CN(C)S(=O)(=O)c1cn(C)cn1)OCCCC[C@@H](C)O2. The number of nitrogens with one attached hydrogen (secondary N) is 1. The van der Waals surface area contributed by atoms with Gasteiger partial charge in [0.1, 0.15) is 11.4 Å². The average molecular weight is 711 g/mol. The number of aromatic nitrogens is 3. The maximum Gasteiger partial charge on any atom is 0.267 e. The first-order valence-electron chi connectivity index (χ1n) is 15.8. The number of hydrogen-bond donors (Lipinski definition) is 2. The number of nitrogens with zero attached hydrogens (tertiary/aromatic N) is 5. The van der Waals surface area contributed by atoms with Gasteiger partial charge in [-0.15, -0.1) is 0 Å². The lowest BCUT2D eigenvalue weighted by Gasteiger charge is -2.35. The summed E-state index contributed by atoms with van der Waals surface area (Å²) in [7, 11) is -4.89. The van der Waals surface area contributed by atoms with Gasteiger partial charge in [-0.05, 0) is 65.2 Å². The number of anilines is 1. The smallest absolute Gasteiger partial charge is 0.267 e. The van der Waals surface area contributed by atoms with Crippen LogP contribution in [-0.2, 0) is 31.8 Å². The monoisotopic (exact) mass is 710 g/mol. The second-order valence-electron chi connectivity index (χ2n) is 12.4. The minimum absolute atomic E-state index is 0.000653. The molecule has 3 aromatic rings. The Balaban J connectivity index is 1.69. The number of amides is 1. The van der Waals surface area contributed by atoms with Crippen molar-refractivity contribution in [1.82, 2.24) is 23.9 Å². The molecule has 266 valence electrons. The van der Waals surface area contributed by atoms with E-state index in [-0.39, 0.29) is 64.2 Å². The van der Waals surface area contributed by atoms with E-state index in [1.165, 1.54) is 54.8 Å². The van der Waals surface area contributed by atoms with Crippen LogP contribution in [0.1, 0.15) is 61.8 Å². The first kappa shape index (κ1) is 37.3. The molecule has 0 saturated carbocycles. The number of carbonyl (C=O) groups is 1. The molecule has 4 atom stereocenters. The van der Waals surface area contributed by atoms with E-state index in [4.69, 9.17) is 14.0 Å². The van der Waals surface area contributed by atoms with Gasteiger partial charge < -0.3 is 28.6 Å². The molecule has 0 fully saturated rings. The number of benzene rings is 1. The average Bonchev–Trinajstić information content (AvgIpc) is 3.63. The number of imidazole rings is 1. The van der Waals surface area contributed by atoms with Crippen molar-refractivity contribution < 1.29 is 40.7 Å². The van der Waals surface area contributed by atoms with E-state index in [1.807, 2.05) is 13.8 Å². The van der Waals surface area contributed by atoms with Gasteiger partial charge in [0.15, 0.2) is 15.7 Å². The highest BCUT2D eigenvalue weighted by molar-refractivity contribution is 7.92. The molecule has 0 spiro atoms. The zero-order valence-corrected chi connectivity index (χ0v) is 30.0. The van der Waals surface area contributed by atoms with Crippen LogP contribution in [0.2, 0.25) is 0 Å². The summed E-state index contributed by atoms with van der Waals surface area (Å²) in [6.45, 7) is 8.54. The summed E-state index contributed by atoms with van der Waals surface area (Å²) in [4.78, 5) is 19.8. The Morgan fingerprint density at radius 1 is 1.17 bits per heavy atom. The first-order valence-corrected chi connectivity index (χ1v) is 18.7. The summed E-state index contributed by atoms with van der Waals surface area (Å²) < 4.78 is 76.0. The Labute approximate surface area is 282 Å². The van der Waals surface area contributed by atoms with Crippen LogP contribution < -0.4 is 9.46 Å². The van der Waals surface area contributed by atoms with Crippen LogP contribution in [0.4, 0.5) is 5.69 Å². The fraction of sp³-hybridized carbons (Fsp3) is 0.581. The van der Waals surface area contributed by atoms with Gasteiger partial charge in [0.25, 0.3) is 26.0 Å². The Morgan fingerprint density at radius 2 is 1.90 bits per heavy atom. The maximum absolute atomic E-state index is 14.4. The molecule has 2 N–H and O–H groups in total. The van der Waals surface area contributed by atoms with Crippen LogP contribution in [0.5, 0.6) is 5.75 Å². The number of hydrogen-bond acceptors (Lipinski definition) is 11. The number of sulfonamides is 2. The van der Waals surface area contributed by atoms with Gasteiger partial charge in [-0.25, -0.2) is 21.8 Å². The minimum atomic E-state index is -4.12. The molecule has 4 rings (SSSR count). The molecule has 0 radical (unpaired) electrons. The number of aliphatic hydroxyl groups excluding tert-OH is 1. The fourth-order valence-electron chi connectivity index (χ4n) is 5.55. The van der Waals surface area contributed by atoms with E-state index >= 15 is 0 Å². The third kappa shape index (κ3) is 8.55. The molecule has 0 unspecified atom stereocenters. The van der Waals surface area contributed by atoms with Gasteiger partial charge in [0.2, 0.25) is 0 Å². The van der Waals surface area contributed by atoms with Crippen molar-refractivity contribution in [3.8, 4) is 5.75 Å². The molecule has 1 amide bonds. The molecule has 15 nitrogen and oxygen atoms in total. The van der Waals surface area contributed by atoms with Crippen molar-refractivity contribution in [2.45, 2.75) is 82.1 Å². The summed E-state index contributed by atoms with van der Waals surface area (Å²) in [5.41, 5.74) is 0.406. The molecule has 0 bridgehead atoms. The maximum atomic E-state index is 14.4. The van der Waals surface area contributed by atoms with Crippen LogP contribution in [0.25, 0.3) is 0 Å². The topological polar surface area (TPSA) is 186 Å². The van der Waals surface area contributed by atoms with Gasteiger partial charge in [0.05, 0.1) is 36.7 Å². The minimum Gasteiger partial charge on any atom is -0.490 e. The Kier molecular flexibility index (Phi) is 11.9. The first-order chi connectivity index (χ1) is 22.5. The lowest BCUT2D eigenvalue weighted by molar-refractivity contribution is -0.00835. The van der Waals surface area contributed by atoms with Gasteiger partial charge >= 0.3 is 0 Å². The van der Waals surface area contributed by atoms with E-state index in [0.717, 1.165) is 6.42 Å². The van der Waals surface area contributed by atoms with E-state index in [9.17, 15) is 26.7 Å². The van der Waals surface area contributed by atoms with Crippen LogP contribution >= 0.6 is 0 Å².